The third-order valence-corrected chi connectivity index (χ3v) is 6.85. The molecule has 1 aliphatic rings. The predicted molar refractivity (Wildman–Crippen MR) is 129 cm³/mol. The zero-order valence-electron chi connectivity index (χ0n) is 18.5. The first kappa shape index (κ1) is 22.0. The zero-order valence-corrected chi connectivity index (χ0v) is 19.3. The largest absolute Gasteiger partial charge is 0.383 e. The Hall–Kier alpha value is -3.82. The molecule has 0 saturated carbocycles. The molecular formula is C25H23N5O3S. The Bertz CT molecular complexity index is 1270. The molecule has 1 aliphatic heterocycles. The lowest BCUT2D eigenvalue weighted by molar-refractivity contribution is -0.119. The highest BCUT2D eigenvalue weighted by Gasteiger charge is 2.44. The third-order valence-electron chi connectivity index (χ3n) is 5.91. The summed E-state index contributed by atoms with van der Waals surface area (Å²) in [5.41, 5.74) is 2.78. The van der Waals surface area contributed by atoms with Gasteiger partial charge in [0.1, 0.15) is 12.7 Å². The van der Waals surface area contributed by atoms with Gasteiger partial charge in [-0.05, 0) is 47.3 Å². The number of anilines is 1. The van der Waals surface area contributed by atoms with Crippen molar-refractivity contribution in [2.45, 2.75) is 12.0 Å². The fourth-order valence-electron chi connectivity index (χ4n) is 4.35. The third kappa shape index (κ3) is 4.11. The number of hydrogen-bond acceptors (Lipinski definition) is 6. The van der Waals surface area contributed by atoms with Gasteiger partial charge in [0.2, 0.25) is 5.91 Å². The molecule has 0 saturated heterocycles. The number of nitrogens with zero attached hydrogens (tertiary/aromatic N) is 4. The standard InChI is InChI=1S/C25H23N5O3S/c1-33-13-12-29-23(21-7-4-14-34-21)22(19-5-2-3-6-20(19)25(29)32)24(31)28-17-8-10-18(11-9-17)30-16-26-15-27-30/h2-11,14-16,22-23H,12-13H2,1H3,(H,28,31). The lowest BCUT2D eigenvalue weighted by Crippen LogP contribution is -2.47. The fraction of sp³-hybridized carbons (Fsp3) is 0.200. The SMILES string of the molecule is COCCN1C(=O)c2ccccc2C(C(=O)Nc2ccc(-n3cncn3)cc2)C1c1cccs1. The number of amides is 2. The highest BCUT2D eigenvalue weighted by Crippen LogP contribution is 2.44. The number of aromatic nitrogens is 3. The van der Waals surface area contributed by atoms with Gasteiger partial charge in [-0.1, -0.05) is 24.3 Å². The van der Waals surface area contributed by atoms with Crippen LogP contribution in [0.5, 0.6) is 0 Å². The molecule has 2 aromatic heterocycles. The zero-order chi connectivity index (χ0) is 23.5. The first-order valence-corrected chi connectivity index (χ1v) is 11.7. The van der Waals surface area contributed by atoms with E-state index in [0.717, 1.165) is 16.1 Å². The molecule has 4 aromatic rings. The Morgan fingerprint density at radius 3 is 2.65 bits per heavy atom. The minimum atomic E-state index is -0.570. The average molecular weight is 474 g/mol. The summed E-state index contributed by atoms with van der Waals surface area (Å²) >= 11 is 1.54. The van der Waals surface area contributed by atoms with E-state index in [4.69, 9.17) is 4.74 Å². The minimum Gasteiger partial charge on any atom is -0.383 e. The van der Waals surface area contributed by atoms with Gasteiger partial charge in [-0.3, -0.25) is 9.59 Å². The van der Waals surface area contributed by atoms with Crippen LogP contribution in [0.3, 0.4) is 0 Å². The summed E-state index contributed by atoms with van der Waals surface area (Å²) in [5.74, 6) is -0.832. The van der Waals surface area contributed by atoms with Crippen LogP contribution >= 0.6 is 11.3 Å². The van der Waals surface area contributed by atoms with Crippen LogP contribution in [0.4, 0.5) is 5.69 Å². The van der Waals surface area contributed by atoms with Gasteiger partial charge in [-0.2, -0.15) is 5.10 Å². The Balaban J connectivity index is 1.50. The Morgan fingerprint density at radius 1 is 1.12 bits per heavy atom. The van der Waals surface area contributed by atoms with Gasteiger partial charge in [0, 0.05) is 29.8 Å². The number of carbonyl (C=O) groups is 2. The summed E-state index contributed by atoms with van der Waals surface area (Å²) in [7, 11) is 1.61. The van der Waals surface area contributed by atoms with E-state index in [2.05, 4.69) is 15.4 Å². The molecule has 0 radical (unpaired) electrons. The molecule has 8 nitrogen and oxygen atoms in total. The molecule has 0 fully saturated rings. The summed E-state index contributed by atoms with van der Waals surface area (Å²) in [6.45, 7) is 0.774. The van der Waals surface area contributed by atoms with Crippen LogP contribution in [-0.2, 0) is 9.53 Å². The molecule has 2 atom stereocenters. The summed E-state index contributed by atoms with van der Waals surface area (Å²) < 4.78 is 6.93. The smallest absolute Gasteiger partial charge is 0.254 e. The van der Waals surface area contributed by atoms with Crippen LogP contribution in [0.2, 0.25) is 0 Å². The molecule has 0 aliphatic carbocycles. The van der Waals surface area contributed by atoms with Gasteiger partial charge < -0.3 is 15.0 Å². The topological polar surface area (TPSA) is 89.4 Å². The summed E-state index contributed by atoms with van der Waals surface area (Å²) in [5, 5.41) is 9.15. The second-order valence-electron chi connectivity index (χ2n) is 7.89. The fourth-order valence-corrected chi connectivity index (χ4v) is 5.22. The van der Waals surface area contributed by atoms with Crippen molar-refractivity contribution in [1.29, 1.82) is 0 Å². The van der Waals surface area contributed by atoms with Gasteiger partial charge in [0.05, 0.1) is 24.3 Å². The Kier molecular flexibility index (Phi) is 6.20. The molecule has 5 rings (SSSR count). The maximum absolute atomic E-state index is 13.8. The van der Waals surface area contributed by atoms with Crippen molar-refractivity contribution < 1.29 is 14.3 Å². The number of rotatable bonds is 7. The maximum atomic E-state index is 13.8. The second kappa shape index (κ2) is 9.58. The van der Waals surface area contributed by atoms with Crippen molar-refractivity contribution >= 4 is 28.8 Å². The molecule has 0 bridgehead atoms. The highest BCUT2D eigenvalue weighted by atomic mass is 32.1. The summed E-state index contributed by atoms with van der Waals surface area (Å²) in [6.07, 6.45) is 3.08. The van der Waals surface area contributed by atoms with Gasteiger partial charge >= 0.3 is 0 Å². The van der Waals surface area contributed by atoms with E-state index in [1.807, 2.05) is 60.0 Å². The minimum absolute atomic E-state index is 0.0905. The van der Waals surface area contributed by atoms with Crippen LogP contribution < -0.4 is 5.32 Å². The number of thiophene rings is 1. The van der Waals surface area contributed by atoms with Gasteiger partial charge in [0.15, 0.2) is 0 Å². The summed E-state index contributed by atoms with van der Waals surface area (Å²) in [6, 6.07) is 18.2. The highest BCUT2D eigenvalue weighted by molar-refractivity contribution is 7.10. The molecule has 2 aromatic carbocycles. The molecule has 1 N–H and O–H groups in total. The van der Waals surface area contributed by atoms with Crippen molar-refractivity contribution in [1.82, 2.24) is 19.7 Å². The van der Waals surface area contributed by atoms with E-state index in [0.29, 0.717) is 24.4 Å². The van der Waals surface area contributed by atoms with Crippen molar-refractivity contribution in [2.24, 2.45) is 0 Å². The lowest BCUT2D eigenvalue weighted by atomic mass is 9.81. The van der Waals surface area contributed by atoms with Crippen molar-refractivity contribution in [3.8, 4) is 5.69 Å². The van der Waals surface area contributed by atoms with Gasteiger partial charge in [-0.25, -0.2) is 9.67 Å². The van der Waals surface area contributed by atoms with E-state index >= 15 is 0 Å². The number of hydrogen-bond donors (Lipinski definition) is 1. The monoisotopic (exact) mass is 473 g/mol. The Morgan fingerprint density at radius 2 is 1.94 bits per heavy atom. The van der Waals surface area contributed by atoms with E-state index in [1.54, 1.807) is 40.4 Å². The molecule has 3 heterocycles. The number of carbonyl (C=O) groups excluding carboxylic acids is 2. The van der Waals surface area contributed by atoms with Crippen LogP contribution in [0.1, 0.15) is 32.8 Å². The van der Waals surface area contributed by atoms with Crippen LogP contribution in [0, 0.1) is 0 Å². The van der Waals surface area contributed by atoms with E-state index in [-0.39, 0.29) is 11.8 Å². The lowest BCUT2D eigenvalue weighted by Gasteiger charge is -2.41. The van der Waals surface area contributed by atoms with E-state index < -0.39 is 12.0 Å². The number of fused-ring (bicyclic) bond motifs is 1. The number of nitrogens with one attached hydrogen (secondary N) is 1. The van der Waals surface area contributed by atoms with Crippen molar-refractivity contribution in [3.05, 3.63) is 94.7 Å². The number of ether oxygens (including phenoxy) is 1. The van der Waals surface area contributed by atoms with E-state index in [9.17, 15) is 9.59 Å². The van der Waals surface area contributed by atoms with Gasteiger partial charge in [-0.15, -0.1) is 11.3 Å². The summed E-state index contributed by atoms with van der Waals surface area (Å²) in [4.78, 5) is 33.9. The molecular weight excluding hydrogens is 450 g/mol. The number of benzene rings is 2. The van der Waals surface area contributed by atoms with Gasteiger partial charge in [0.25, 0.3) is 5.91 Å². The van der Waals surface area contributed by atoms with E-state index in [1.165, 1.54) is 6.33 Å². The van der Waals surface area contributed by atoms with Crippen molar-refractivity contribution in [3.63, 3.8) is 0 Å². The molecule has 2 unspecified atom stereocenters. The second-order valence-corrected chi connectivity index (χ2v) is 8.87. The van der Waals surface area contributed by atoms with Crippen LogP contribution in [0.25, 0.3) is 5.69 Å². The molecule has 34 heavy (non-hydrogen) atoms. The maximum Gasteiger partial charge on any atom is 0.254 e. The molecule has 172 valence electrons. The predicted octanol–water partition coefficient (Wildman–Crippen LogP) is 3.89. The van der Waals surface area contributed by atoms with Crippen LogP contribution in [0.15, 0.2) is 78.7 Å². The number of methoxy groups -OCH3 is 1. The normalized spacial score (nSPS) is 17.4. The average Bonchev–Trinajstić information content (AvgIpc) is 3.58. The first-order valence-electron chi connectivity index (χ1n) is 10.9. The first-order chi connectivity index (χ1) is 16.7. The van der Waals surface area contributed by atoms with Crippen LogP contribution in [-0.4, -0.2) is 51.7 Å². The molecule has 0 spiro atoms. The molecule has 2 amide bonds. The quantitative estimate of drug-likeness (QED) is 0.440. The Labute approximate surface area is 200 Å². The molecule has 9 heteroatoms. The van der Waals surface area contributed by atoms with Crippen molar-refractivity contribution in [2.75, 3.05) is 25.6 Å².